The fourth-order valence-corrected chi connectivity index (χ4v) is 4.93. The first-order valence-corrected chi connectivity index (χ1v) is 12.6. The standard InChI is InChI=1S/C26H39F2N3O3/c1-19(2)17-23-24(32)29-12-6-16-34-15-4-3-9-26(25(33)30-23)10-13-31(14-11-26)18-20-21(27)7-5-8-22(20)28/h5,7-8,19,23H,3-4,6,9-18H2,1-2H3,(H,29,32)(H,30,33)/t23-/m0/s1. The summed E-state index contributed by atoms with van der Waals surface area (Å²) in [7, 11) is 0. The van der Waals surface area contributed by atoms with Crippen LogP contribution in [0.25, 0.3) is 0 Å². The van der Waals surface area contributed by atoms with Crippen LogP contribution in [-0.4, -0.2) is 55.6 Å². The summed E-state index contributed by atoms with van der Waals surface area (Å²) in [5.74, 6) is -1.06. The van der Waals surface area contributed by atoms with E-state index in [1.165, 1.54) is 18.2 Å². The van der Waals surface area contributed by atoms with Gasteiger partial charge in [0.05, 0.1) is 5.41 Å². The molecule has 6 nitrogen and oxygen atoms in total. The van der Waals surface area contributed by atoms with Crippen LogP contribution in [0.15, 0.2) is 18.2 Å². The highest BCUT2D eigenvalue weighted by atomic mass is 19.1. The van der Waals surface area contributed by atoms with Crippen molar-refractivity contribution in [3.63, 3.8) is 0 Å². The number of amides is 2. The molecule has 2 aliphatic rings. The Bertz CT molecular complexity index is 805. The zero-order valence-electron chi connectivity index (χ0n) is 20.5. The zero-order chi connectivity index (χ0) is 24.6. The quantitative estimate of drug-likeness (QED) is 0.690. The third-order valence-electron chi connectivity index (χ3n) is 7.03. The SMILES string of the molecule is CC(C)C[C@@H]1NC(=O)C2(CCCCOCCCNC1=O)CCN(Cc1c(F)cccc1F)CC2. The number of benzene rings is 1. The number of hydrogen-bond donors (Lipinski definition) is 2. The Labute approximate surface area is 201 Å². The van der Waals surface area contributed by atoms with Gasteiger partial charge < -0.3 is 15.4 Å². The van der Waals surface area contributed by atoms with Crippen LogP contribution in [0, 0.1) is 23.0 Å². The first-order valence-electron chi connectivity index (χ1n) is 12.6. The maximum Gasteiger partial charge on any atom is 0.242 e. The van der Waals surface area contributed by atoms with E-state index in [4.69, 9.17) is 4.74 Å². The van der Waals surface area contributed by atoms with Crippen molar-refractivity contribution < 1.29 is 23.1 Å². The van der Waals surface area contributed by atoms with Crippen LogP contribution in [0.4, 0.5) is 8.78 Å². The van der Waals surface area contributed by atoms with Crippen molar-refractivity contribution in [2.45, 2.75) is 71.4 Å². The number of piperidine rings is 1. The van der Waals surface area contributed by atoms with E-state index in [0.29, 0.717) is 58.5 Å². The maximum atomic E-state index is 14.1. The molecule has 0 aromatic heterocycles. The number of rotatable bonds is 4. The second-order valence-corrected chi connectivity index (χ2v) is 10.1. The molecule has 190 valence electrons. The Morgan fingerprint density at radius 3 is 2.41 bits per heavy atom. The smallest absolute Gasteiger partial charge is 0.242 e. The Hall–Kier alpha value is -2.06. The lowest BCUT2D eigenvalue weighted by atomic mass is 9.73. The summed E-state index contributed by atoms with van der Waals surface area (Å²) in [5, 5.41) is 6.01. The first kappa shape index (κ1) is 26.5. The third kappa shape index (κ3) is 7.22. The predicted octanol–water partition coefficient (Wildman–Crippen LogP) is 3.78. The lowest BCUT2D eigenvalue weighted by molar-refractivity contribution is -0.138. The number of carbonyl (C=O) groups is 2. The molecule has 2 heterocycles. The molecule has 34 heavy (non-hydrogen) atoms. The van der Waals surface area contributed by atoms with Crippen molar-refractivity contribution in [3.05, 3.63) is 35.4 Å². The van der Waals surface area contributed by atoms with E-state index in [1.54, 1.807) is 0 Å². The third-order valence-corrected chi connectivity index (χ3v) is 7.03. The van der Waals surface area contributed by atoms with Crippen LogP contribution in [0.1, 0.15) is 64.4 Å². The minimum absolute atomic E-state index is 0.0692. The van der Waals surface area contributed by atoms with Gasteiger partial charge in [0.1, 0.15) is 17.7 Å². The highest BCUT2D eigenvalue weighted by Gasteiger charge is 2.42. The summed E-state index contributed by atoms with van der Waals surface area (Å²) in [4.78, 5) is 28.4. The monoisotopic (exact) mass is 479 g/mol. The van der Waals surface area contributed by atoms with Gasteiger partial charge in [0.15, 0.2) is 0 Å². The van der Waals surface area contributed by atoms with Crippen molar-refractivity contribution in [2.24, 2.45) is 11.3 Å². The van der Waals surface area contributed by atoms with Crippen LogP contribution in [0.3, 0.4) is 0 Å². The summed E-state index contributed by atoms with van der Waals surface area (Å²) in [6.07, 6.45) is 4.94. The van der Waals surface area contributed by atoms with Crippen LogP contribution in [0.5, 0.6) is 0 Å². The van der Waals surface area contributed by atoms with E-state index in [0.717, 1.165) is 19.3 Å². The van der Waals surface area contributed by atoms with Gasteiger partial charge in [0.25, 0.3) is 0 Å². The van der Waals surface area contributed by atoms with Crippen LogP contribution >= 0.6 is 0 Å². The van der Waals surface area contributed by atoms with E-state index in [9.17, 15) is 18.4 Å². The molecule has 1 aromatic carbocycles. The van der Waals surface area contributed by atoms with Gasteiger partial charge in [-0.25, -0.2) is 8.78 Å². The second-order valence-electron chi connectivity index (χ2n) is 10.1. The van der Waals surface area contributed by atoms with Gasteiger partial charge in [0.2, 0.25) is 11.8 Å². The van der Waals surface area contributed by atoms with Gasteiger partial charge in [-0.3, -0.25) is 14.5 Å². The van der Waals surface area contributed by atoms with Gasteiger partial charge in [-0.15, -0.1) is 0 Å². The number of hydrogen-bond acceptors (Lipinski definition) is 4. The fourth-order valence-electron chi connectivity index (χ4n) is 4.93. The molecule has 3 rings (SSSR count). The second kappa shape index (κ2) is 12.6. The van der Waals surface area contributed by atoms with E-state index in [1.807, 2.05) is 18.7 Å². The molecular weight excluding hydrogens is 440 g/mol. The highest BCUT2D eigenvalue weighted by Crippen LogP contribution is 2.38. The summed E-state index contributed by atoms with van der Waals surface area (Å²) in [6, 6.07) is 3.35. The highest BCUT2D eigenvalue weighted by molar-refractivity contribution is 5.90. The van der Waals surface area contributed by atoms with Gasteiger partial charge in [0, 0.05) is 31.9 Å². The normalized spacial score (nSPS) is 23.4. The number of nitrogens with zero attached hydrogens (tertiary/aromatic N) is 1. The molecule has 0 radical (unpaired) electrons. The molecule has 0 aliphatic carbocycles. The Morgan fingerprint density at radius 1 is 1.06 bits per heavy atom. The van der Waals surface area contributed by atoms with Crippen molar-refractivity contribution in [2.75, 3.05) is 32.8 Å². The molecule has 1 spiro atoms. The zero-order valence-corrected chi connectivity index (χ0v) is 20.5. The summed E-state index contributed by atoms with van der Waals surface area (Å²) >= 11 is 0. The largest absolute Gasteiger partial charge is 0.381 e. The summed E-state index contributed by atoms with van der Waals surface area (Å²) in [5.41, 5.74) is -0.524. The fraction of sp³-hybridized carbons (Fsp3) is 0.692. The molecule has 8 heteroatoms. The minimum atomic E-state index is -0.593. The molecule has 0 bridgehead atoms. The molecule has 0 unspecified atom stereocenters. The molecule has 1 atom stereocenters. The average Bonchev–Trinajstić information content (AvgIpc) is 2.80. The number of ether oxygens (including phenoxy) is 1. The molecule has 2 N–H and O–H groups in total. The van der Waals surface area contributed by atoms with Crippen molar-refractivity contribution in [1.29, 1.82) is 0 Å². The first-order chi connectivity index (χ1) is 16.3. The van der Waals surface area contributed by atoms with Crippen LogP contribution in [-0.2, 0) is 20.9 Å². The van der Waals surface area contributed by atoms with Crippen molar-refractivity contribution >= 4 is 11.8 Å². The van der Waals surface area contributed by atoms with Gasteiger partial charge in [-0.2, -0.15) is 0 Å². The Kier molecular flexibility index (Phi) is 9.83. The van der Waals surface area contributed by atoms with Crippen LogP contribution < -0.4 is 10.6 Å². The molecule has 2 aliphatic heterocycles. The number of carbonyl (C=O) groups excluding carboxylic acids is 2. The molecule has 1 aromatic rings. The van der Waals surface area contributed by atoms with Gasteiger partial charge in [-0.1, -0.05) is 26.3 Å². The van der Waals surface area contributed by atoms with E-state index < -0.39 is 23.1 Å². The lowest BCUT2D eigenvalue weighted by Gasteiger charge is -2.41. The Balaban J connectivity index is 1.72. The van der Waals surface area contributed by atoms with Gasteiger partial charge >= 0.3 is 0 Å². The Morgan fingerprint density at radius 2 is 1.74 bits per heavy atom. The number of nitrogens with one attached hydrogen (secondary N) is 2. The molecule has 0 saturated carbocycles. The van der Waals surface area contributed by atoms with Crippen molar-refractivity contribution in [1.82, 2.24) is 15.5 Å². The molecule has 2 fully saturated rings. The van der Waals surface area contributed by atoms with E-state index in [-0.39, 0.29) is 29.8 Å². The maximum absolute atomic E-state index is 14.1. The van der Waals surface area contributed by atoms with Gasteiger partial charge in [-0.05, 0) is 69.7 Å². The van der Waals surface area contributed by atoms with E-state index >= 15 is 0 Å². The summed E-state index contributed by atoms with van der Waals surface area (Å²) in [6.45, 7) is 7.16. The number of likely N-dealkylation sites (tertiary alicyclic amines) is 1. The van der Waals surface area contributed by atoms with E-state index in [2.05, 4.69) is 10.6 Å². The molecular formula is C26H39F2N3O3. The molecule has 2 amide bonds. The van der Waals surface area contributed by atoms with Crippen LogP contribution in [0.2, 0.25) is 0 Å². The minimum Gasteiger partial charge on any atom is -0.381 e. The molecule has 2 saturated heterocycles. The lowest BCUT2D eigenvalue weighted by Crippen LogP contribution is -2.55. The summed E-state index contributed by atoms with van der Waals surface area (Å²) < 4.78 is 34.0. The number of halogens is 2. The van der Waals surface area contributed by atoms with Crippen molar-refractivity contribution in [3.8, 4) is 0 Å². The topological polar surface area (TPSA) is 70.7 Å². The predicted molar refractivity (Wildman–Crippen MR) is 127 cm³/mol. The average molecular weight is 480 g/mol.